The summed E-state index contributed by atoms with van der Waals surface area (Å²) >= 11 is 0. The Labute approximate surface area is 119 Å². The third kappa shape index (κ3) is 4.64. The van der Waals surface area contributed by atoms with E-state index in [-0.39, 0.29) is 19.7 Å². The number of nitrogens with one attached hydrogen (secondary N) is 1. The summed E-state index contributed by atoms with van der Waals surface area (Å²) in [6, 6.07) is 5.18. The van der Waals surface area contributed by atoms with Gasteiger partial charge in [-0.15, -0.1) is 0 Å². The van der Waals surface area contributed by atoms with Crippen molar-refractivity contribution < 1.29 is 24.8 Å². The first-order chi connectivity index (χ1) is 9.43. The molecule has 20 heavy (non-hydrogen) atoms. The van der Waals surface area contributed by atoms with Crippen LogP contribution in [-0.4, -0.2) is 54.8 Å². The van der Waals surface area contributed by atoms with Crippen LogP contribution in [0.15, 0.2) is 18.2 Å². The molecule has 114 valence electrons. The molecule has 0 aliphatic rings. The summed E-state index contributed by atoms with van der Waals surface area (Å²) in [7, 11) is 3.08. The maximum Gasteiger partial charge on any atom is 0.124 e. The van der Waals surface area contributed by atoms with E-state index in [9.17, 15) is 10.2 Å². The lowest BCUT2D eigenvalue weighted by Crippen LogP contribution is -2.42. The fourth-order valence-corrected chi connectivity index (χ4v) is 1.74. The lowest BCUT2D eigenvalue weighted by atomic mass is 10.1. The van der Waals surface area contributed by atoms with Gasteiger partial charge in [-0.3, -0.25) is 0 Å². The maximum atomic E-state index is 10.2. The van der Waals surface area contributed by atoms with E-state index >= 15 is 0 Å². The first-order valence-corrected chi connectivity index (χ1v) is 6.37. The van der Waals surface area contributed by atoms with E-state index in [0.29, 0.717) is 17.1 Å². The van der Waals surface area contributed by atoms with Crippen molar-refractivity contribution >= 4 is 0 Å². The first-order valence-electron chi connectivity index (χ1n) is 6.37. The Morgan fingerprint density at radius 1 is 1.30 bits per heavy atom. The molecule has 0 fully saturated rings. The Morgan fingerprint density at radius 3 is 2.55 bits per heavy atom. The molecule has 0 aliphatic carbocycles. The first kappa shape index (κ1) is 16.7. The van der Waals surface area contributed by atoms with Crippen molar-refractivity contribution in [2.75, 3.05) is 33.9 Å². The topological polar surface area (TPSA) is 91.2 Å². The van der Waals surface area contributed by atoms with Crippen LogP contribution < -0.4 is 14.8 Å². The molecule has 6 heteroatoms. The molecule has 0 saturated heterocycles. The van der Waals surface area contributed by atoms with Crippen molar-refractivity contribution in [1.29, 1.82) is 0 Å². The molecule has 0 aromatic heterocycles. The van der Waals surface area contributed by atoms with Gasteiger partial charge < -0.3 is 30.1 Å². The van der Waals surface area contributed by atoms with E-state index in [1.165, 1.54) is 14.0 Å². The predicted octanol–water partition coefficient (Wildman–Crippen LogP) is 0.0701. The summed E-state index contributed by atoms with van der Waals surface area (Å²) in [5.74, 6) is 1.19. The van der Waals surface area contributed by atoms with E-state index in [1.54, 1.807) is 25.3 Å². The molecule has 0 amide bonds. The van der Waals surface area contributed by atoms with Crippen molar-refractivity contribution in [3.8, 4) is 11.5 Å². The van der Waals surface area contributed by atoms with Gasteiger partial charge in [0.1, 0.15) is 11.5 Å². The quantitative estimate of drug-likeness (QED) is 0.540. The molecule has 2 atom stereocenters. The van der Waals surface area contributed by atoms with E-state index in [1.807, 2.05) is 0 Å². The van der Waals surface area contributed by atoms with Gasteiger partial charge in [0.05, 0.1) is 32.5 Å². The van der Waals surface area contributed by atoms with Crippen LogP contribution in [0.25, 0.3) is 0 Å². The zero-order valence-electron chi connectivity index (χ0n) is 12.1. The lowest BCUT2D eigenvalue weighted by Gasteiger charge is -2.22. The standard InChI is InChI=1S/C14H23NO5/c1-14(18,9-16)8-15-7-12(17)11-6-10(19-2)4-5-13(11)20-3/h4-6,12,15-18H,7-9H2,1-3H3. The molecule has 6 nitrogen and oxygen atoms in total. The van der Waals surface area contributed by atoms with Gasteiger partial charge in [-0.05, 0) is 25.1 Å². The Morgan fingerprint density at radius 2 is 2.00 bits per heavy atom. The minimum Gasteiger partial charge on any atom is -0.497 e. The van der Waals surface area contributed by atoms with E-state index < -0.39 is 11.7 Å². The van der Waals surface area contributed by atoms with Gasteiger partial charge in [-0.1, -0.05) is 0 Å². The molecule has 0 heterocycles. The number of rotatable bonds is 8. The van der Waals surface area contributed by atoms with Crippen LogP contribution in [0.4, 0.5) is 0 Å². The molecular formula is C14H23NO5. The van der Waals surface area contributed by atoms with Gasteiger partial charge in [-0.25, -0.2) is 0 Å². The summed E-state index contributed by atoms with van der Waals surface area (Å²) in [6.45, 7) is 1.56. The molecule has 0 bridgehead atoms. The van der Waals surface area contributed by atoms with Crippen molar-refractivity contribution in [2.45, 2.75) is 18.6 Å². The molecule has 1 rings (SSSR count). The van der Waals surface area contributed by atoms with Gasteiger partial charge in [0.15, 0.2) is 0 Å². The van der Waals surface area contributed by atoms with Crippen LogP contribution in [0.2, 0.25) is 0 Å². The minimum atomic E-state index is -1.21. The number of aliphatic hydroxyl groups excluding tert-OH is 2. The molecule has 1 aromatic rings. The summed E-state index contributed by atoms with van der Waals surface area (Å²) in [5.41, 5.74) is -0.610. The van der Waals surface area contributed by atoms with Crippen molar-refractivity contribution in [3.05, 3.63) is 23.8 Å². The van der Waals surface area contributed by atoms with Gasteiger partial charge in [-0.2, -0.15) is 0 Å². The van der Waals surface area contributed by atoms with Gasteiger partial charge in [0.25, 0.3) is 0 Å². The van der Waals surface area contributed by atoms with Gasteiger partial charge in [0.2, 0.25) is 0 Å². The van der Waals surface area contributed by atoms with Crippen molar-refractivity contribution in [1.82, 2.24) is 5.32 Å². The van der Waals surface area contributed by atoms with Gasteiger partial charge >= 0.3 is 0 Å². The fourth-order valence-electron chi connectivity index (χ4n) is 1.74. The smallest absolute Gasteiger partial charge is 0.124 e. The van der Waals surface area contributed by atoms with E-state index in [4.69, 9.17) is 14.6 Å². The summed E-state index contributed by atoms with van der Waals surface area (Å²) in [5, 5.41) is 31.7. The number of hydrogen-bond donors (Lipinski definition) is 4. The Hall–Kier alpha value is -1.34. The average molecular weight is 285 g/mol. The van der Waals surface area contributed by atoms with Crippen LogP contribution in [0, 0.1) is 0 Å². The average Bonchev–Trinajstić information content (AvgIpc) is 2.46. The summed E-state index contributed by atoms with van der Waals surface area (Å²) in [4.78, 5) is 0. The second-order valence-electron chi connectivity index (χ2n) is 4.91. The van der Waals surface area contributed by atoms with Crippen molar-refractivity contribution in [3.63, 3.8) is 0 Å². The highest BCUT2D eigenvalue weighted by Crippen LogP contribution is 2.29. The minimum absolute atomic E-state index is 0.173. The van der Waals surface area contributed by atoms with Crippen LogP contribution in [-0.2, 0) is 0 Å². The maximum absolute atomic E-state index is 10.2. The van der Waals surface area contributed by atoms with Gasteiger partial charge in [0, 0.05) is 18.7 Å². The number of aliphatic hydroxyl groups is 3. The summed E-state index contributed by atoms with van der Waals surface area (Å²) in [6.07, 6.45) is -0.811. The molecule has 4 N–H and O–H groups in total. The second-order valence-corrected chi connectivity index (χ2v) is 4.91. The molecule has 1 aromatic carbocycles. The van der Waals surface area contributed by atoms with Crippen LogP contribution in [0.3, 0.4) is 0 Å². The van der Waals surface area contributed by atoms with Crippen molar-refractivity contribution in [2.24, 2.45) is 0 Å². The molecular weight excluding hydrogens is 262 g/mol. The van der Waals surface area contributed by atoms with Crippen LogP contribution in [0.5, 0.6) is 11.5 Å². The molecule has 0 saturated carbocycles. The summed E-state index contributed by atoms with van der Waals surface area (Å²) < 4.78 is 10.3. The molecule has 0 spiro atoms. The van der Waals surface area contributed by atoms with E-state index in [0.717, 1.165) is 0 Å². The number of ether oxygens (including phenoxy) is 2. The highest BCUT2D eigenvalue weighted by Gasteiger charge is 2.20. The SMILES string of the molecule is COc1ccc(OC)c(C(O)CNCC(C)(O)CO)c1. The number of methoxy groups -OCH3 is 2. The highest BCUT2D eigenvalue weighted by molar-refractivity contribution is 5.41. The predicted molar refractivity (Wildman–Crippen MR) is 75.1 cm³/mol. The van der Waals surface area contributed by atoms with Crippen LogP contribution in [0.1, 0.15) is 18.6 Å². The third-order valence-electron chi connectivity index (χ3n) is 2.98. The van der Waals surface area contributed by atoms with Crippen LogP contribution >= 0.6 is 0 Å². The molecule has 0 radical (unpaired) electrons. The molecule has 2 unspecified atom stereocenters. The highest BCUT2D eigenvalue weighted by atomic mass is 16.5. The van der Waals surface area contributed by atoms with E-state index in [2.05, 4.69) is 5.32 Å². The zero-order chi connectivity index (χ0) is 15.2. The largest absolute Gasteiger partial charge is 0.497 e. The normalized spacial score (nSPS) is 15.5. The Balaban J connectivity index is 2.69. The fraction of sp³-hybridized carbons (Fsp3) is 0.571. The second kappa shape index (κ2) is 7.44. The lowest BCUT2D eigenvalue weighted by molar-refractivity contribution is 0.000689. The Bertz CT molecular complexity index is 422. The third-order valence-corrected chi connectivity index (χ3v) is 2.98. The number of hydrogen-bond acceptors (Lipinski definition) is 6. The Kier molecular flexibility index (Phi) is 6.22. The monoisotopic (exact) mass is 285 g/mol. The molecule has 0 aliphatic heterocycles. The zero-order valence-corrected chi connectivity index (χ0v) is 12.1. The number of benzene rings is 1.